The molecule has 2 heterocycles. The molecule has 0 radical (unpaired) electrons. The molecule has 1 N–H and O–H groups in total. The predicted molar refractivity (Wildman–Crippen MR) is 93.0 cm³/mol. The highest BCUT2D eigenvalue weighted by Gasteiger charge is 2.31. The average Bonchev–Trinajstić information content (AvgIpc) is 2.89. The van der Waals surface area contributed by atoms with Crippen LogP contribution in [0.3, 0.4) is 0 Å². The molecule has 0 bridgehead atoms. The third-order valence-corrected chi connectivity index (χ3v) is 5.01. The van der Waals surface area contributed by atoms with Crippen LogP contribution >= 0.6 is 11.3 Å². The van der Waals surface area contributed by atoms with E-state index in [1.54, 1.807) is 16.2 Å². The largest absolute Gasteiger partial charge is 0.444 e. The Labute approximate surface area is 143 Å². The molecule has 0 aromatic carbocycles. The van der Waals surface area contributed by atoms with Crippen molar-refractivity contribution in [1.29, 1.82) is 0 Å². The number of carbonyl (C=O) groups is 1. The highest BCUT2D eigenvalue weighted by Crippen LogP contribution is 2.23. The van der Waals surface area contributed by atoms with E-state index in [2.05, 4.69) is 30.6 Å². The first-order valence-electron chi connectivity index (χ1n) is 8.12. The highest BCUT2D eigenvalue weighted by molar-refractivity contribution is 7.10. The van der Waals surface area contributed by atoms with Crippen molar-refractivity contribution >= 4 is 17.4 Å². The molecule has 2 atom stereocenters. The lowest BCUT2D eigenvalue weighted by Gasteiger charge is -2.37. The SMILES string of the molecule is Cc1ccsc1C(C)NCC1COCCN1C(=O)OC(C)(C)C. The molecule has 2 rings (SSSR count). The van der Waals surface area contributed by atoms with E-state index in [-0.39, 0.29) is 18.2 Å². The van der Waals surface area contributed by atoms with E-state index in [4.69, 9.17) is 9.47 Å². The maximum absolute atomic E-state index is 12.4. The fourth-order valence-electron chi connectivity index (χ4n) is 2.62. The lowest BCUT2D eigenvalue weighted by molar-refractivity contribution is -0.0321. The molecular formula is C17H28N2O3S. The fourth-order valence-corrected chi connectivity index (χ4v) is 3.58. The Morgan fingerprint density at radius 1 is 1.57 bits per heavy atom. The molecule has 23 heavy (non-hydrogen) atoms. The van der Waals surface area contributed by atoms with Crippen molar-refractivity contribution in [1.82, 2.24) is 10.2 Å². The maximum atomic E-state index is 12.4. The van der Waals surface area contributed by atoms with E-state index in [0.717, 1.165) is 0 Å². The smallest absolute Gasteiger partial charge is 0.410 e. The number of hydrogen-bond acceptors (Lipinski definition) is 5. The lowest BCUT2D eigenvalue weighted by Crippen LogP contribution is -2.54. The summed E-state index contributed by atoms with van der Waals surface area (Å²) in [6, 6.07) is 2.40. The molecule has 1 aliphatic heterocycles. The number of amides is 1. The summed E-state index contributed by atoms with van der Waals surface area (Å²) in [5, 5.41) is 5.63. The second-order valence-corrected chi connectivity index (χ2v) is 7.95. The molecular weight excluding hydrogens is 312 g/mol. The van der Waals surface area contributed by atoms with Crippen molar-refractivity contribution in [2.75, 3.05) is 26.3 Å². The standard InChI is InChI=1S/C17H28N2O3S/c1-12-6-9-23-15(12)13(2)18-10-14-11-21-8-7-19(14)16(20)22-17(3,4)5/h6,9,13-14,18H,7-8,10-11H2,1-5H3. The van der Waals surface area contributed by atoms with Gasteiger partial charge in [0.05, 0.1) is 19.3 Å². The molecule has 1 amide bonds. The van der Waals surface area contributed by atoms with Crippen LogP contribution in [0.5, 0.6) is 0 Å². The third kappa shape index (κ3) is 5.19. The van der Waals surface area contributed by atoms with Crippen LogP contribution in [0.1, 0.15) is 44.2 Å². The Balaban J connectivity index is 1.93. The van der Waals surface area contributed by atoms with Crippen LogP contribution in [-0.2, 0) is 9.47 Å². The quantitative estimate of drug-likeness (QED) is 0.913. The summed E-state index contributed by atoms with van der Waals surface area (Å²) >= 11 is 1.76. The monoisotopic (exact) mass is 340 g/mol. The van der Waals surface area contributed by atoms with Gasteiger partial charge in [0.2, 0.25) is 0 Å². The first-order valence-corrected chi connectivity index (χ1v) is 9.00. The molecule has 130 valence electrons. The molecule has 0 aliphatic carbocycles. The molecule has 1 aliphatic rings. The minimum Gasteiger partial charge on any atom is -0.444 e. The summed E-state index contributed by atoms with van der Waals surface area (Å²) in [5.41, 5.74) is 0.827. The van der Waals surface area contributed by atoms with Gasteiger partial charge in [-0.05, 0) is 51.6 Å². The van der Waals surface area contributed by atoms with Crippen LogP contribution < -0.4 is 5.32 Å². The van der Waals surface area contributed by atoms with Gasteiger partial charge >= 0.3 is 6.09 Å². The second kappa shape index (κ2) is 7.64. The Morgan fingerprint density at radius 2 is 2.30 bits per heavy atom. The third-order valence-electron chi connectivity index (χ3n) is 3.81. The van der Waals surface area contributed by atoms with E-state index in [9.17, 15) is 4.79 Å². The number of nitrogens with zero attached hydrogens (tertiary/aromatic N) is 1. The number of morpholine rings is 1. The van der Waals surface area contributed by atoms with Crippen molar-refractivity contribution in [2.24, 2.45) is 0 Å². The van der Waals surface area contributed by atoms with Crippen LogP contribution in [0.25, 0.3) is 0 Å². The number of ether oxygens (including phenoxy) is 2. The van der Waals surface area contributed by atoms with Crippen molar-refractivity contribution in [3.63, 3.8) is 0 Å². The molecule has 1 aromatic rings. The predicted octanol–water partition coefficient (Wildman–Crippen LogP) is 3.34. The van der Waals surface area contributed by atoms with Gasteiger partial charge in [-0.2, -0.15) is 0 Å². The Hall–Kier alpha value is -1.11. The van der Waals surface area contributed by atoms with Crippen LogP contribution in [0.15, 0.2) is 11.4 Å². The fraction of sp³-hybridized carbons (Fsp3) is 0.706. The molecule has 2 unspecified atom stereocenters. The number of nitrogens with one attached hydrogen (secondary N) is 1. The van der Waals surface area contributed by atoms with Gasteiger partial charge in [0.1, 0.15) is 5.60 Å². The average molecular weight is 340 g/mol. The van der Waals surface area contributed by atoms with Gasteiger partial charge in [0.15, 0.2) is 0 Å². The molecule has 1 aromatic heterocycles. The molecule has 1 fully saturated rings. The molecule has 5 nitrogen and oxygen atoms in total. The maximum Gasteiger partial charge on any atom is 0.410 e. The Bertz CT molecular complexity index is 524. The van der Waals surface area contributed by atoms with Crippen molar-refractivity contribution in [3.8, 4) is 0 Å². The zero-order valence-electron chi connectivity index (χ0n) is 14.7. The number of aryl methyl sites for hydroxylation is 1. The summed E-state index contributed by atoms with van der Waals surface area (Å²) in [6.07, 6.45) is -0.257. The van der Waals surface area contributed by atoms with E-state index < -0.39 is 5.60 Å². The van der Waals surface area contributed by atoms with E-state index in [1.165, 1.54) is 10.4 Å². The van der Waals surface area contributed by atoms with E-state index in [1.807, 2.05) is 20.8 Å². The van der Waals surface area contributed by atoms with Gasteiger partial charge in [0, 0.05) is 24.0 Å². The topological polar surface area (TPSA) is 50.8 Å². The van der Waals surface area contributed by atoms with Crippen LogP contribution in [0.4, 0.5) is 4.79 Å². The van der Waals surface area contributed by atoms with Crippen LogP contribution in [0.2, 0.25) is 0 Å². The Morgan fingerprint density at radius 3 is 2.91 bits per heavy atom. The first-order chi connectivity index (χ1) is 10.8. The summed E-state index contributed by atoms with van der Waals surface area (Å²) in [6.45, 7) is 12.3. The number of thiophene rings is 1. The molecule has 0 saturated carbocycles. The zero-order chi connectivity index (χ0) is 17.0. The highest BCUT2D eigenvalue weighted by atomic mass is 32.1. The normalized spacial score (nSPS) is 20.4. The van der Waals surface area contributed by atoms with Crippen LogP contribution in [-0.4, -0.2) is 48.9 Å². The first kappa shape index (κ1) is 18.2. The lowest BCUT2D eigenvalue weighted by atomic mass is 10.1. The second-order valence-electron chi connectivity index (χ2n) is 7.00. The molecule has 0 spiro atoms. The van der Waals surface area contributed by atoms with E-state index >= 15 is 0 Å². The van der Waals surface area contributed by atoms with Crippen LogP contribution in [0, 0.1) is 6.92 Å². The minimum absolute atomic E-state index is 0.00122. The van der Waals surface area contributed by atoms with Gasteiger partial charge in [-0.3, -0.25) is 4.90 Å². The molecule has 6 heteroatoms. The summed E-state index contributed by atoms with van der Waals surface area (Å²) in [7, 11) is 0. The van der Waals surface area contributed by atoms with Gasteiger partial charge in [0.25, 0.3) is 0 Å². The zero-order valence-corrected chi connectivity index (χ0v) is 15.5. The summed E-state index contributed by atoms with van der Waals surface area (Å²) in [5.74, 6) is 0. The van der Waals surface area contributed by atoms with Crippen molar-refractivity contribution in [3.05, 3.63) is 21.9 Å². The van der Waals surface area contributed by atoms with Crippen molar-refractivity contribution < 1.29 is 14.3 Å². The molecule has 1 saturated heterocycles. The summed E-state index contributed by atoms with van der Waals surface area (Å²) < 4.78 is 11.1. The van der Waals surface area contributed by atoms with E-state index in [0.29, 0.717) is 26.3 Å². The minimum atomic E-state index is -0.477. The number of carbonyl (C=O) groups excluding carboxylic acids is 1. The van der Waals surface area contributed by atoms with Gasteiger partial charge < -0.3 is 14.8 Å². The van der Waals surface area contributed by atoms with Crippen molar-refractivity contribution in [2.45, 2.75) is 52.3 Å². The number of hydrogen-bond donors (Lipinski definition) is 1. The van der Waals surface area contributed by atoms with Gasteiger partial charge in [-0.25, -0.2) is 4.79 Å². The van der Waals surface area contributed by atoms with Gasteiger partial charge in [-0.15, -0.1) is 11.3 Å². The van der Waals surface area contributed by atoms with Gasteiger partial charge in [-0.1, -0.05) is 0 Å². The number of rotatable bonds is 4. The Kier molecular flexibility index (Phi) is 6.06. The summed E-state index contributed by atoms with van der Waals surface area (Å²) in [4.78, 5) is 15.5.